The van der Waals surface area contributed by atoms with Crippen LogP contribution in [0.4, 0.5) is 11.4 Å². The summed E-state index contributed by atoms with van der Waals surface area (Å²) in [5.41, 5.74) is 9.18. The number of aryl methyl sites for hydroxylation is 2. The Labute approximate surface area is 283 Å². The van der Waals surface area contributed by atoms with Crippen LogP contribution in [-0.4, -0.2) is 21.2 Å². The first-order valence-corrected chi connectivity index (χ1v) is 21.0. The van der Waals surface area contributed by atoms with Crippen molar-refractivity contribution in [2.75, 3.05) is 4.90 Å². The summed E-state index contributed by atoms with van der Waals surface area (Å²) in [5.74, 6) is 1.57. The summed E-state index contributed by atoms with van der Waals surface area (Å²) in [6.45, 7) is 27.2. The molecule has 0 radical (unpaired) electrons. The van der Waals surface area contributed by atoms with Crippen molar-refractivity contribution in [2.45, 2.75) is 111 Å². The molecule has 1 saturated heterocycles. The third kappa shape index (κ3) is 9.40. The summed E-state index contributed by atoms with van der Waals surface area (Å²) in [5, 5.41) is 10.7. The normalized spacial score (nSPS) is 17.8. The molecule has 1 fully saturated rings. The molecule has 248 valence electrons. The Balaban J connectivity index is 0.000000279. The summed E-state index contributed by atoms with van der Waals surface area (Å²) in [6, 6.07) is 18.3. The van der Waals surface area contributed by atoms with Gasteiger partial charge in [-0.25, -0.2) is 6.54 Å². The van der Waals surface area contributed by atoms with Crippen LogP contribution in [-0.2, 0) is 18.9 Å². The zero-order chi connectivity index (χ0) is 33.9. The van der Waals surface area contributed by atoms with Crippen LogP contribution < -0.4 is 9.64 Å². The van der Waals surface area contributed by atoms with Gasteiger partial charge in [-0.1, -0.05) is 87.7 Å². The topological polar surface area (TPSA) is 55.6 Å². The molecule has 45 heavy (non-hydrogen) atoms. The number of rotatable bonds is 8. The summed E-state index contributed by atoms with van der Waals surface area (Å²) in [4.78, 5) is 12.8. The van der Waals surface area contributed by atoms with E-state index >= 15 is 0 Å². The van der Waals surface area contributed by atoms with E-state index in [-0.39, 0.29) is 22.7 Å². The molecule has 0 spiro atoms. The maximum atomic E-state index is 10.7. The van der Waals surface area contributed by atoms with E-state index in [0.29, 0.717) is 23.1 Å². The fourth-order valence-electron chi connectivity index (χ4n) is 6.30. The standard InChI is InChI=1S/C27H38N.C10H11NO3.2ClH.Ru/c1-18(2)23-11-10-12-24(19(3)4)25(23)28-17-27(9,16-26(28,7)8)22-14-20(5)13-21(6)15-22;1-7(2)14-10-5-4-9(11(12)13)6-8(10)3;;;/h10-15,17-19H,16H2,1-9H3;3-7H,1-2H3;2*1H;/q-1;;;;+2/p-2/t27-;;;;/m0..../s1. The van der Waals surface area contributed by atoms with E-state index in [0.717, 1.165) is 6.42 Å². The number of anilines is 1. The fraction of sp³-hybridized carbons (Fsp3) is 0.459. The Bertz CT molecular complexity index is 1500. The van der Waals surface area contributed by atoms with Crippen molar-refractivity contribution in [3.8, 4) is 5.75 Å². The monoisotopic (exact) mass is 741 g/mol. The molecule has 1 aliphatic heterocycles. The van der Waals surface area contributed by atoms with E-state index in [1.165, 1.54) is 45.6 Å². The van der Waals surface area contributed by atoms with Crippen molar-refractivity contribution in [3.05, 3.63) is 105 Å². The van der Waals surface area contributed by atoms with Crippen LogP contribution in [0.2, 0.25) is 0 Å². The zero-order valence-corrected chi connectivity index (χ0v) is 31.8. The van der Waals surface area contributed by atoms with Gasteiger partial charge in [0.2, 0.25) is 0 Å². The molecule has 1 heterocycles. The molecule has 1 aliphatic rings. The van der Waals surface area contributed by atoms with Gasteiger partial charge in [-0.3, -0.25) is 0 Å². The maximum absolute atomic E-state index is 10.7. The van der Waals surface area contributed by atoms with Gasteiger partial charge in [-0.05, 0) is 57.1 Å². The molecule has 0 aliphatic carbocycles. The third-order valence-corrected chi connectivity index (χ3v) is 9.92. The molecule has 4 rings (SSSR count). The third-order valence-electron chi connectivity index (χ3n) is 8.08. The van der Waals surface area contributed by atoms with Gasteiger partial charge in [0.15, 0.2) is 0 Å². The molecule has 0 unspecified atom stereocenters. The molecular weight excluding hydrogens is 692 g/mol. The molecule has 0 saturated carbocycles. The van der Waals surface area contributed by atoms with Crippen molar-refractivity contribution in [3.63, 3.8) is 0 Å². The quantitative estimate of drug-likeness (QED) is 0.0998. The fourth-order valence-corrected chi connectivity index (χ4v) is 8.09. The first-order chi connectivity index (χ1) is 20.8. The van der Waals surface area contributed by atoms with E-state index in [1.54, 1.807) is 10.7 Å². The smallest absolute Gasteiger partial charge is 0.0145 e. The molecule has 0 amide bonds. The van der Waals surface area contributed by atoms with Crippen molar-refractivity contribution in [1.29, 1.82) is 0 Å². The molecule has 8 heteroatoms. The second-order valence-electron chi connectivity index (χ2n) is 13.8. The molecule has 0 N–H and O–H groups in total. The predicted octanol–water partition coefficient (Wildman–Crippen LogP) is 11.1. The van der Waals surface area contributed by atoms with Crippen LogP contribution >= 0.6 is 19.4 Å². The summed E-state index contributed by atoms with van der Waals surface area (Å²) in [6.07, 6.45) is 1.10. The van der Waals surface area contributed by atoms with E-state index < -0.39 is 18.4 Å². The van der Waals surface area contributed by atoms with E-state index in [1.807, 2.05) is 13.8 Å². The summed E-state index contributed by atoms with van der Waals surface area (Å²) in [7, 11) is 11.6. The van der Waals surface area contributed by atoms with Gasteiger partial charge in [0.05, 0.1) is 0 Å². The van der Waals surface area contributed by atoms with Gasteiger partial charge in [0.1, 0.15) is 0 Å². The van der Waals surface area contributed by atoms with Gasteiger partial charge in [-0.15, -0.1) is 5.41 Å². The average Bonchev–Trinajstić information content (AvgIpc) is 3.17. The van der Waals surface area contributed by atoms with Crippen LogP contribution in [0.25, 0.3) is 0 Å². The second kappa shape index (κ2) is 15.1. The Morgan fingerprint density at radius 3 is 1.96 bits per heavy atom. The minimum absolute atomic E-state index is 0.00360. The number of benzene rings is 3. The largest absolute Gasteiger partial charge is 0.517 e. The number of non-ortho nitro benzene ring substituents is 1. The van der Waals surface area contributed by atoms with Gasteiger partial charge in [0, 0.05) is 11.2 Å². The van der Waals surface area contributed by atoms with Crippen molar-refractivity contribution >= 4 is 35.4 Å². The molecular formula is C37H49Cl2N2O3Ru-. The van der Waals surface area contributed by atoms with Crippen LogP contribution in [0.3, 0.4) is 0 Å². The minimum Gasteiger partial charge on any atom is -0.517 e. The number of nitrogens with zero attached hydrogens (tertiary/aromatic N) is 2. The van der Waals surface area contributed by atoms with Gasteiger partial charge in [0.25, 0.3) is 0 Å². The van der Waals surface area contributed by atoms with Gasteiger partial charge < -0.3 is 4.90 Å². The number of halogens is 2. The Hall–Kier alpha value is -2.27. The first-order valence-electron chi connectivity index (χ1n) is 15.5. The number of nitro benzene ring substituents is 1. The molecule has 3 aromatic carbocycles. The minimum atomic E-state index is -2.05. The molecule has 5 nitrogen and oxygen atoms in total. The molecule has 0 bridgehead atoms. The van der Waals surface area contributed by atoms with Crippen LogP contribution in [0, 0.1) is 30.5 Å². The maximum Gasteiger partial charge on any atom is 0.0145 e. The Morgan fingerprint density at radius 1 is 0.933 bits per heavy atom. The van der Waals surface area contributed by atoms with Crippen molar-refractivity contribution in [2.24, 2.45) is 0 Å². The van der Waals surface area contributed by atoms with Crippen LogP contribution in [0.5, 0.6) is 5.75 Å². The second-order valence-corrected chi connectivity index (χ2v) is 19.6. The first kappa shape index (κ1) is 37.2. The summed E-state index contributed by atoms with van der Waals surface area (Å²) >= 11 is -2.05. The molecule has 1 atom stereocenters. The SMILES string of the molecule is CC(C)Oc1ccc([N+](=O)[O-])cc1[CH]=[Ru]([Cl])[Cl].Cc1cc(C)cc([C@]2(C)[CH-]N(c3c(C(C)C)cccc3C(C)C)C(C)(C)C2)c1. The predicted molar refractivity (Wildman–Crippen MR) is 189 cm³/mol. The van der Waals surface area contributed by atoms with E-state index in [2.05, 4.69) is 110 Å². The van der Waals surface area contributed by atoms with E-state index in [9.17, 15) is 10.1 Å². The Kier molecular flexibility index (Phi) is 12.5. The van der Waals surface area contributed by atoms with Crippen LogP contribution in [0.1, 0.15) is 114 Å². The Morgan fingerprint density at radius 2 is 1.49 bits per heavy atom. The summed E-state index contributed by atoms with van der Waals surface area (Å²) < 4.78 is 7.17. The number of hydrogen-bond donors (Lipinski definition) is 0. The zero-order valence-electron chi connectivity index (χ0n) is 28.5. The number of hydrogen-bond acceptors (Lipinski definition) is 4. The average molecular weight is 742 g/mol. The van der Waals surface area contributed by atoms with Crippen molar-refractivity contribution in [1.82, 2.24) is 0 Å². The van der Waals surface area contributed by atoms with Crippen LogP contribution in [0.15, 0.2) is 54.6 Å². The van der Waals surface area contributed by atoms with Gasteiger partial charge in [-0.2, -0.15) is 0 Å². The van der Waals surface area contributed by atoms with Gasteiger partial charge >= 0.3 is 112 Å². The molecule has 3 aromatic rings. The number of nitro groups is 1. The van der Waals surface area contributed by atoms with Crippen molar-refractivity contribution < 1.29 is 23.2 Å². The van der Waals surface area contributed by atoms with E-state index in [4.69, 9.17) is 24.1 Å². The number of ether oxygens (including phenoxy) is 1. The molecule has 0 aromatic heterocycles. The number of para-hydroxylation sites is 1.